The molecule has 0 saturated heterocycles. The van der Waals surface area contributed by atoms with Crippen LogP contribution in [0.25, 0.3) is 0 Å². The number of nitrogens with zero attached hydrogens (tertiary/aromatic N) is 3. The molecule has 4 rings (SSSR count). The van der Waals surface area contributed by atoms with Crippen molar-refractivity contribution in [3.05, 3.63) is 11.6 Å². The van der Waals surface area contributed by atoms with Crippen LogP contribution in [-0.2, 0) is 23.4 Å². The Morgan fingerprint density at radius 1 is 0.975 bits per heavy atom. The Labute approximate surface area is 244 Å². The molecule has 0 N–H and O–H groups in total. The monoisotopic (exact) mass is 591 g/mol. The van der Waals surface area contributed by atoms with E-state index in [1.807, 2.05) is 0 Å². The Bertz CT molecular complexity index is 1030. The van der Waals surface area contributed by atoms with E-state index in [2.05, 4.69) is 74.0 Å². The number of oxime groups is 3. The Morgan fingerprint density at radius 2 is 1.73 bits per heavy atom. The molecule has 4 aliphatic rings. The van der Waals surface area contributed by atoms with Crippen LogP contribution in [0.15, 0.2) is 27.1 Å². The van der Waals surface area contributed by atoms with Crippen LogP contribution in [0.1, 0.15) is 51.9 Å². The zero-order valence-corrected chi connectivity index (χ0v) is 28.6. The maximum absolute atomic E-state index is 7.21. The van der Waals surface area contributed by atoms with E-state index in [9.17, 15) is 0 Å². The van der Waals surface area contributed by atoms with Crippen molar-refractivity contribution in [2.24, 2.45) is 50.0 Å². The number of fused-ring (bicyclic) bond motifs is 5. The molecule has 0 aromatic carbocycles. The van der Waals surface area contributed by atoms with Gasteiger partial charge in [0.25, 0.3) is 0 Å². The second kappa shape index (κ2) is 12.0. The fraction of sp³-hybridized carbons (Fsp3) is 0.833. The number of hydrogen-bond acceptors (Lipinski definition) is 8. The lowest BCUT2D eigenvalue weighted by atomic mass is 9.45. The maximum Gasteiger partial charge on any atom is 0.184 e. The quantitative estimate of drug-likeness (QED) is 0.157. The summed E-state index contributed by atoms with van der Waals surface area (Å²) < 4.78 is 13.6. The van der Waals surface area contributed by atoms with Crippen molar-refractivity contribution in [2.75, 3.05) is 27.9 Å². The first-order chi connectivity index (χ1) is 18.8. The standard InChI is InChI=1S/C30H53N3O5Si2/c1-29-16-15-22(32-35-3)17-21(29)11-12-23-24-13-14-25(26(33-36-4)19-37-39(5,6)7)30(24,20-31-34-2)18-27(28(23)29)38-40(8,9)10/h17,20,23-25,27-28H,11-16,18-19H2,1-10H3/b31-20+,32-22-,33-26-/t23-,24-,25+,27-,28+,29-,30+/m0/s1. The molecule has 0 heterocycles. The second-order valence-electron chi connectivity index (χ2n) is 14.5. The highest BCUT2D eigenvalue weighted by molar-refractivity contribution is 6.70. The van der Waals surface area contributed by atoms with Crippen molar-refractivity contribution in [3.8, 4) is 0 Å². The van der Waals surface area contributed by atoms with E-state index in [4.69, 9.17) is 23.4 Å². The summed E-state index contributed by atoms with van der Waals surface area (Å²) in [4.78, 5) is 16.0. The van der Waals surface area contributed by atoms with Crippen LogP contribution < -0.4 is 0 Å². The van der Waals surface area contributed by atoms with Gasteiger partial charge in [0.2, 0.25) is 0 Å². The van der Waals surface area contributed by atoms with Gasteiger partial charge >= 0.3 is 0 Å². The van der Waals surface area contributed by atoms with Gasteiger partial charge in [-0.2, -0.15) is 0 Å². The first-order valence-corrected chi connectivity index (χ1v) is 21.9. The van der Waals surface area contributed by atoms with Crippen LogP contribution in [0.2, 0.25) is 39.3 Å². The van der Waals surface area contributed by atoms with Gasteiger partial charge in [0.05, 0.1) is 24.2 Å². The summed E-state index contributed by atoms with van der Waals surface area (Å²) in [5.41, 5.74) is 3.47. The van der Waals surface area contributed by atoms with E-state index in [-0.39, 0.29) is 22.9 Å². The zero-order valence-electron chi connectivity index (χ0n) is 26.6. The van der Waals surface area contributed by atoms with Crippen LogP contribution in [0.3, 0.4) is 0 Å². The summed E-state index contributed by atoms with van der Waals surface area (Å²) in [6.45, 7) is 16.6. The van der Waals surface area contributed by atoms with E-state index in [0.29, 0.717) is 24.4 Å². The zero-order chi connectivity index (χ0) is 29.3. The Hall–Kier alpha value is -1.50. The van der Waals surface area contributed by atoms with Gasteiger partial charge in [0, 0.05) is 17.4 Å². The Balaban J connectivity index is 1.80. The van der Waals surface area contributed by atoms with Crippen LogP contribution >= 0.6 is 0 Å². The summed E-state index contributed by atoms with van der Waals surface area (Å²) in [6.07, 6.45) is 12.0. The van der Waals surface area contributed by atoms with E-state index < -0.39 is 16.6 Å². The van der Waals surface area contributed by atoms with E-state index in [1.54, 1.807) is 21.3 Å². The molecular weight excluding hydrogens is 539 g/mol. The SMILES string of the molecule is CO/N=C1\C=C2CC[C@@H]3[C@H]([C@@H](O[Si](C)(C)C)C[C@]4(/C=N/OC)[C@@H](/C(CO[Si](C)(C)C)=N\OC)CC[C@@H]34)[C@@]2(C)CC1. The molecule has 8 nitrogen and oxygen atoms in total. The van der Waals surface area contributed by atoms with E-state index in [0.717, 1.165) is 56.4 Å². The van der Waals surface area contributed by atoms with Gasteiger partial charge in [-0.15, -0.1) is 0 Å². The third-order valence-corrected chi connectivity index (χ3v) is 11.9. The molecule has 0 unspecified atom stereocenters. The molecule has 0 radical (unpaired) electrons. The van der Waals surface area contributed by atoms with E-state index >= 15 is 0 Å². The van der Waals surface area contributed by atoms with Crippen molar-refractivity contribution in [2.45, 2.75) is 97.3 Å². The van der Waals surface area contributed by atoms with E-state index in [1.165, 1.54) is 5.57 Å². The summed E-state index contributed by atoms with van der Waals surface area (Å²) >= 11 is 0. The van der Waals surface area contributed by atoms with Crippen molar-refractivity contribution < 1.29 is 23.4 Å². The number of hydrogen-bond donors (Lipinski definition) is 0. The minimum atomic E-state index is -1.86. The topological polar surface area (TPSA) is 83.2 Å². The van der Waals surface area contributed by atoms with Crippen LogP contribution in [0, 0.1) is 34.5 Å². The first kappa shape index (κ1) is 31.4. The largest absolute Gasteiger partial charge is 0.414 e. The number of allylic oxidation sites excluding steroid dienone is 2. The van der Waals surface area contributed by atoms with Crippen LogP contribution in [0.5, 0.6) is 0 Å². The van der Waals surface area contributed by atoms with Gasteiger partial charge in [-0.05, 0) is 113 Å². The predicted molar refractivity (Wildman–Crippen MR) is 167 cm³/mol. The maximum atomic E-state index is 7.21. The van der Waals surface area contributed by atoms with Crippen LogP contribution in [0.4, 0.5) is 0 Å². The lowest BCUT2D eigenvalue weighted by molar-refractivity contribution is -0.0982. The molecule has 226 valence electrons. The average molecular weight is 592 g/mol. The van der Waals surface area contributed by atoms with Gasteiger partial charge in [-0.25, -0.2) is 0 Å². The minimum Gasteiger partial charge on any atom is -0.414 e. The van der Waals surface area contributed by atoms with Gasteiger partial charge in [0.15, 0.2) is 16.6 Å². The molecule has 0 spiro atoms. The molecule has 0 aromatic heterocycles. The lowest BCUT2D eigenvalue weighted by Gasteiger charge is -2.61. The first-order valence-electron chi connectivity index (χ1n) is 15.1. The highest BCUT2D eigenvalue weighted by Crippen LogP contribution is 2.67. The molecule has 0 aliphatic heterocycles. The highest BCUT2D eigenvalue weighted by atomic mass is 28.4. The van der Waals surface area contributed by atoms with Crippen molar-refractivity contribution >= 4 is 34.3 Å². The fourth-order valence-corrected chi connectivity index (χ4v) is 10.3. The molecular formula is C30H53N3O5Si2. The molecule has 40 heavy (non-hydrogen) atoms. The molecule has 3 saturated carbocycles. The van der Waals surface area contributed by atoms with Crippen molar-refractivity contribution in [3.63, 3.8) is 0 Å². The molecule has 0 bridgehead atoms. The average Bonchev–Trinajstić information content (AvgIpc) is 3.23. The Morgan fingerprint density at radius 3 is 2.35 bits per heavy atom. The smallest absolute Gasteiger partial charge is 0.184 e. The minimum absolute atomic E-state index is 0.0903. The fourth-order valence-electron chi connectivity index (χ4n) is 8.58. The van der Waals surface area contributed by atoms with Crippen molar-refractivity contribution in [1.29, 1.82) is 0 Å². The lowest BCUT2D eigenvalue weighted by Crippen LogP contribution is -2.60. The number of rotatable bonds is 10. The van der Waals surface area contributed by atoms with Gasteiger partial charge < -0.3 is 23.4 Å². The molecule has 10 heteroatoms. The van der Waals surface area contributed by atoms with Crippen molar-refractivity contribution in [1.82, 2.24) is 0 Å². The molecule has 0 amide bonds. The predicted octanol–water partition coefficient (Wildman–Crippen LogP) is 6.86. The third-order valence-electron chi connectivity index (χ3n) is 9.87. The summed E-state index contributed by atoms with van der Waals surface area (Å²) in [5.74, 6) is 1.65. The van der Waals surface area contributed by atoms with Gasteiger partial charge in [-0.3, -0.25) is 0 Å². The highest BCUT2D eigenvalue weighted by Gasteiger charge is 2.65. The molecule has 0 aromatic rings. The molecule has 7 atom stereocenters. The van der Waals surface area contributed by atoms with Crippen LogP contribution in [-0.4, -0.2) is 68.3 Å². The summed E-state index contributed by atoms with van der Waals surface area (Å²) in [6, 6.07) is 0. The molecule has 4 aliphatic carbocycles. The normalized spacial score (nSPS) is 37.5. The van der Waals surface area contributed by atoms with Gasteiger partial charge in [-0.1, -0.05) is 28.0 Å². The summed E-state index contributed by atoms with van der Waals surface area (Å²) in [5, 5.41) is 13.4. The molecule has 3 fully saturated rings. The Kier molecular flexibility index (Phi) is 9.44. The second-order valence-corrected chi connectivity index (χ2v) is 23.5. The van der Waals surface area contributed by atoms with Gasteiger partial charge in [0.1, 0.15) is 21.3 Å². The summed E-state index contributed by atoms with van der Waals surface area (Å²) in [7, 11) is 1.32. The third kappa shape index (κ3) is 6.29.